The molecule has 1 aromatic heterocycles. The van der Waals surface area contributed by atoms with Crippen molar-refractivity contribution in [2.75, 3.05) is 19.8 Å². The Kier molecular flexibility index (Phi) is 5.15. The minimum atomic E-state index is -3.47. The van der Waals surface area contributed by atoms with E-state index in [9.17, 15) is 17.6 Å². The Morgan fingerprint density at radius 2 is 1.91 bits per heavy atom. The zero-order valence-corrected chi connectivity index (χ0v) is 13.6. The van der Waals surface area contributed by atoms with Crippen molar-refractivity contribution in [1.82, 2.24) is 9.88 Å². The SMILES string of the molecule is CN(C)C(=O)CCS(=O)(=O)Cc1coc(-c2ccc(F)cc2)n1. The third-order valence-corrected chi connectivity index (χ3v) is 4.70. The molecule has 0 saturated carbocycles. The van der Waals surface area contributed by atoms with Gasteiger partial charge in [0, 0.05) is 26.1 Å². The van der Waals surface area contributed by atoms with Crippen molar-refractivity contribution in [1.29, 1.82) is 0 Å². The molecule has 0 atom stereocenters. The maximum absolute atomic E-state index is 12.9. The second-order valence-corrected chi connectivity index (χ2v) is 7.47. The van der Waals surface area contributed by atoms with Crippen LogP contribution in [-0.2, 0) is 20.4 Å². The number of carbonyl (C=O) groups is 1. The molecule has 0 aliphatic carbocycles. The number of aromatic nitrogens is 1. The number of amides is 1. The lowest BCUT2D eigenvalue weighted by atomic mass is 10.2. The molecule has 0 N–H and O–H groups in total. The highest BCUT2D eigenvalue weighted by Crippen LogP contribution is 2.20. The Labute approximate surface area is 133 Å². The first-order valence-electron chi connectivity index (χ1n) is 6.88. The maximum atomic E-state index is 12.9. The molecule has 2 rings (SSSR count). The van der Waals surface area contributed by atoms with E-state index in [-0.39, 0.29) is 41.2 Å². The van der Waals surface area contributed by atoms with E-state index < -0.39 is 9.84 Å². The molecule has 0 saturated heterocycles. The fourth-order valence-corrected chi connectivity index (χ4v) is 3.08. The fraction of sp³-hybridized carbons (Fsp3) is 0.333. The van der Waals surface area contributed by atoms with Gasteiger partial charge in [-0.1, -0.05) is 0 Å². The van der Waals surface area contributed by atoms with Crippen LogP contribution in [0.4, 0.5) is 4.39 Å². The Morgan fingerprint density at radius 3 is 2.52 bits per heavy atom. The van der Waals surface area contributed by atoms with Gasteiger partial charge in [0.1, 0.15) is 12.1 Å². The van der Waals surface area contributed by atoms with Crippen LogP contribution in [0.25, 0.3) is 11.5 Å². The van der Waals surface area contributed by atoms with E-state index in [1.807, 2.05) is 0 Å². The highest BCUT2D eigenvalue weighted by atomic mass is 32.2. The largest absolute Gasteiger partial charge is 0.444 e. The first-order chi connectivity index (χ1) is 10.8. The summed E-state index contributed by atoms with van der Waals surface area (Å²) in [6, 6.07) is 5.52. The normalized spacial score (nSPS) is 11.4. The zero-order chi connectivity index (χ0) is 17.0. The average molecular weight is 340 g/mol. The van der Waals surface area contributed by atoms with Crippen molar-refractivity contribution in [2.45, 2.75) is 12.2 Å². The van der Waals surface area contributed by atoms with Crippen LogP contribution in [0.1, 0.15) is 12.1 Å². The first-order valence-corrected chi connectivity index (χ1v) is 8.70. The smallest absolute Gasteiger partial charge is 0.226 e. The molecule has 0 radical (unpaired) electrons. The number of oxazole rings is 1. The van der Waals surface area contributed by atoms with Gasteiger partial charge in [-0.05, 0) is 24.3 Å². The third kappa shape index (κ3) is 4.88. The van der Waals surface area contributed by atoms with Crippen molar-refractivity contribution in [3.05, 3.63) is 42.0 Å². The van der Waals surface area contributed by atoms with E-state index in [1.54, 1.807) is 14.1 Å². The van der Waals surface area contributed by atoms with Gasteiger partial charge in [-0.2, -0.15) is 0 Å². The predicted molar refractivity (Wildman–Crippen MR) is 82.7 cm³/mol. The quantitative estimate of drug-likeness (QED) is 0.802. The molecule has 0 fully saturated rings. The van der Waals surface area contributed by atoms with Gasteiger partial charge in [-0.3, -0.25) is 4.79 Å². The molecule has 1 amide bonds. The summed E-state index contributed by atoms with van der Waals surface area (Å²) in [6.07, 6.45) is 1.18. The molecule has 8 heteroatoms. The monoisotopic (exact) mass is 340 g/mol. The summed E-state index contributed by atoms with van der Waals surface area (Å²) in [7, 11) is -0.327. The highest BCUT2D eigenvalue weighted by Gasteiger charge is 2.18. The lowest BCUT2D eigenvalue weighted by Gasteiger charge is -2.09. The van der Waals surface area contributed by atoms with Gasteiger partial charge in [0.2, 0.25) is 11.8 Å². The van der Waals surface area contributed by atoms with Crippen molar-refractivity contribution < 1.29 is 22.0 Å². The molecule has 0 aliphatic rings. The van der Waals surface area contributed by atoms with E-state index in [2.05, 4.69) is 4.98 Å². The number of rotatable bonds is 6. The van der Waals surface area contributed by atoms with Gasteiger partial charge >= 0.3 is 0 Å². The summed E-state index contributed by atoms with van der Waals surface area (Å²) in [5.41, 5.74) is 0.805. The highest BCUT2D eigenvalue weighted by molar-refractivity contribution is 7.90. The van der Waals surface area contributed by atoms with Crippen molar-refractivity contribution >= 4 is 15.7 Å². The van der Waals surface area contributed by atoms with Gasteiger partial charge in [0.25, 0.3) is 0 Å². The molecule has 1 aromatic carbocycles. The predicted octanol–water partition coefficient (Wildman–Crippen LogP) is 1.87. The molecule has 6 nitrogen and oxygen atoms in total. The minimum Gasteiger partial charge on any atom is -0.444 e. The molecular weight excluding hydrogens is 323 g/mol. The van der Waals surface area contributed by atoms with Crippen LogP contribution in [0.5, 0.6) is 0 Å². The van der Waals surface area contributed by atoms with E-state index >= 15 is 0 Å². The number of sulfone groups is 1. The van der Waals surface area contributed by atoms with Crippen molar-refractivity contribution in [3.63, 3.8) is 0 Å². The second kappa shape index (κ2) is 6.91. The lowest BCUT2D eigenvalue weighted by Crippen LogP contribution is -2.24. The number of hydrogen-bond donors (Lipinski definition) is 0. The fourth-order valence-electron chi connectivity index (χ4n) is 1.86. The molecule has 0 bridgehead atoms. The van der Waals surface area contributed by atoms with Gasteiger partial charge in [-0.15, -0.1) is 0 Å². The van der Waals surface area contributed by atoms with Crippen LogP contribution in [0.15, 0.2) is 34.9 Å². The first kappa shape index (κ1) is 17.1. The van der Waals surface area contributed by atoms with Crippen molar-refractivity contribution in [2.24, 2.45) is 0 Å². The third-order valence-electron chi connectivity index (χ3n) is 3.14. The van der Waals surface area contributed by atoms with Crippen LogP contribution in [0.3, 0.4) is 0 Å². The summed E-state index contributed by atoms with van der Waals surface area (Å²) in [5.74, 6) is -0.963. The standard InChI is InChI=1S/C15H17FN2O4S/c1-18(2)14(19)7-8-23(20,21)10-13-9-22-15(17-13)11-3-5-12(16)6-4-11/h3-6,9H,7-8,10H2,1-2H3. The van der Waals surface area contributed by atoms with Gasteiger partial charge in [0.15, 0.2) is 9.84 Å². The van der Waals surface area contributed by atoms with E-state index in [4.69, 9.17) is 4.42 Å². The Morgan fingerprint density at radius 1 is 1.26 bits per heavy atom. The Hall–Kier alpha value is -2.22. The average Bonchev–Trinajstić information content (AvgIpc) is 2.93. The molecule has 2 aromatic rings. The van der Waals surface area contributed by atoms with E-state index in [0.29, 0.717) is 5.56 Å². The molecular formula is C15H17FN2O4S. The zero-order valence-electron chi connectivity index (χ0n) is 12.8. The molecule has 23 heavy (non-hydrogen) atoms. The second-order valence-electron chi connectivity index (χ2n) is 5.28. The summed E-state index contributed by atoms with van der Waals surface area (Å²) < 4.78 is 42.1. The topological polar surface area (TPSA) is 80.5 Å². The number of halogens is 1. The van der Waals surface area contributed by atoms with Gasteiger partial charge in [0.05, 0.1) is 17.2 Å². The van der Waals surface area contributed by atoms with Gasteiger partial charge < -0.3 is 9.32 Å². The minimum absolute atomic E-state index is 0.0714. The summed E-state index contributed by atoms with van der Waals surface area (Å²) in [4.78, 5) is 16.9. The lowest BCUT2D eigenvalue weighted by molar-refractivity contribution is -0.128. The summed E-state index contributed by atoms with van der Waals surface area (Å²) in [5, 5.41) is 0. The number of benzene rings is 1. The molecule has 1 heterocycles. The number of nitrogens with zero attached hydrogens (tertiary/aromatic N) is 2. The van der Waals surface area contributed by atoms with E-state index in [0.717, 1.165) is 0 Å². The van der Waals surface area contributed by atoms with Crippen LogP contribution in [-0.4, -0.2) is 44.1 Å². The maximum Gasteiger partial charge on any atom is 0.226 e. The number of hydrogen-bond acceptors (Lipinski definition) is 5. The summed E-state index contributed by atoms with van der Waals surface area (Å²) in [6.45, 7) is 0. The van der Waals surface area contributed by atoms with Crippen LogP contribution in [0.2, 0.25) is 0 Å². The van der Waals surface area contributed by atoms with Gasteiger partial charge in [-0.25, -0.2) is 17.8 Å². The molecule has 124 valence electrons. The van der Waals surface area contributed by atoms with E-state index in [1.165, 1.54) is 35.4 Å². The van der Waals surface area contributed by atoms with Crippen LogP contribution < -0.4 is 0 Å². The van der Waals surface area contributed by atoms with Crippen LogP contribution in [0, 0.1) is 5.82 Å². The Balaban J connectivity index is 2.03. The Bertz CT molecular complexity index is 782. The molecule has 0 unspecified atom stereocenters. The van der Waals surface area contributed by atoms with Crippen LogP contribution >= 0.6 is 0 Å². The molecule has 0 aliphatic heterocycles. The van der Waals surface area contributed by atoms with Crippen molar-refractivity contribution in [3.8, 4) is 11.5 Å². The molecule has 0 spiro atoms. The summed E-state index contributed by atoms with van der Waals surface area (Å²) >= 11 is 0. The number of carbonyl (C=O) groups excluding carboxylic acids is 1.